The van der Waals surface area contributed by atoms with Crippen LogP contribution in [0, 0.1) is 0 Å². The molecule has 0 bridgehead atoms. The smallest absolute Gasteiger partial charge is 0.275 e. The van der Waals surface area contributed by atoms with Crippen LogP contribution in [0.3, 0.4) is 0 Å². The lowest BCUT2D eigenvalue weighted by Gasteiger charge is -2.36. The molecule has 0 radical (unpaired) electrons. The van der Waals surface area contributed by atoms with Crippen LogP contribution in [0.2, 0.25) is 0 Å². The molecular formula is C36H64Br2Cl2N2O6P2. The van der Waals surface area contributed by atoms with Crippen molar-refractivity contribution in [3.63, 3.8) is 0 Å². The normalized spacial score (nSPS) is 24.6. The number of halogens is 4. The standard InChI is InChI=1S/C18H32Br2NO3P.C18H32Cl2NO3P/c2*1-16(2)5-4-6-17(3)7-13-23-18-8-14-24-25(22,15-18)21(11-9-19)12-10-20/h2*5,7,18H,4,6,8-15H2,1-3H3/b2*17-7+. The highest BCUT2D eigenvalue weighted by atomic mass is 79.9. The molecule has 8 nitrogen and oxygen atoms in total. The van der Waals surface area contributed by atoms with Crippen LogP contribution in [-0.4, -0.2) is 109 Å². The van der Waals surface area contributed by atoms with E-state index in [1.54, 1.807) is 4.67 Å². The molecule has 0 spiro atoms. The van der Waals surface area contributed by atoms with Gasteiger partial charge in [0.15, 0.2) is 0 Å². The molecule has 0 aliphatic carbocycles. The minimum atomic E-state index is -2.89. The van der Waals surface area contributed by atoms with Crippen molar-refractivity contribution in [3.05, 3.63) is 46.6 Å². The van der Waals surface area contributed by atoms with E-state index in [1.165, 1.54) is 22.3 Å². The number of alkyl halides is 4. The zero-order valence-electron chi connectivity index (χ0n) is 31.4. The van der Waals surface area contributed by atoms with Gasteiger partial charge in [0.2, 0.25) is 0 Å². The van der Waals surface area contributed by atoms with Gasteiger partial charge >= 0.3 is 0 Å². The van der Waals surface area contributed by atoms with Gasteiger partial charge in [-0.1, -0.05) is 78.5 Å². The summed E-state index contributed by atoms with van der Waals surface area (Å²) in [4.78, 5) is 0. The van der Waals surface area contributed by atoms with Crippen molar-refractivity contribution < 1.29 is 27.7 Å². The first-order chi connectivity index (χ1) is 23.8. The topological polar surface area (TPSA) is 77.5 Å². The summed E-state index contributed by atoms with van der Waals surface area (Å²) in [6, 6.07) is 0. The molecule has 2 rings (SSSR count). The summed E-state index contributed by atoms with van der Waals surface area (Å²) in [5.74, 6) is 0.812. The summed E-state index contributed by atoms with van der Waals surface area (Å²) in [6.45, 7) is 17.3. The summed E-state index contributed by atoms with van der Waals surface area (Å²) >= 11 is 18.5. The fraction of sp³-hybridized carbons (Fsp3) is 0.778. The van der Waals surface area contributed by atoms with E-state index in [2.05, 4.69) is 97.7 Å². The highest BCUT2D eigenvalue weighted by molar-refractivity contribution is 9.09. The maximum atomic E-state index is 13.2. The van der Waals surface area contributed by atoms with Crippen LogP contribution in [0.1, 0.15) is 80.1 Å². The Labute approximate surface area is 331 Å². The van der Waals surface area contributed by atoms with Crippen molar-refractivity contribution in [2.24, 2.45) is 0 Å². The van der Waals surface area contributed by atoms with Gasteiger partial charge in [-0.15, -0.1) is 23.2 Å². The van der Waals surface area contributed by atoms with E-state index in [4.69, 9.17) is 41.7 Å². The third kappa shape index (κ3) is 21.0. The molecular weight excluding hydrogens is 849 g/mol. The maximum Gasteiger partial charge on any atom is 0.275 e. The van der Waals surface area contributed by atoms with E-state index in [-0.39, 0.29) is 12.2 Å². The van der Waals surface area contributed by atoms with E-state index >= 15 is 0 Å². The summed E-state index contributed by atoms with van der Waals surface area (Å²) < 4.78 is 53.3. The Morgan fingerprint density at radius 3 is 1.40 bits per heavy atom. The van der Waals surface area contributed by atoms with Crippen LogP contribution >= 0.6 is 70.1 Å². The van der Waals surface area contributed by atoms with Crippen LogP contribution in [0.5, 0.6) is 0 Å². The Balaban J connectivity index is 0.000000500. The molecule has 0 aromatic carbocycles. The molecule has 2 fully saturated rings. The second-order valence-electron chi connectivity index (χ2n) is 13.2. The van der Waals surface area contributed by atoms with Crippen LogP contribution in [0.25, 0.3) is 0 Å². The van der Waals surface area contributed by atoms with Crippen molar-refractivity contribution in [3.8, 4) is 0 Å². The lowest BCUT2D eigenvalue weighted by molar-refractivity contribution is 0.0526. The second-order valence-corrected chi connectivity index (χ2v) is 20.5. The van der Waals surface area contributed by atoms with Gasteiger partial charge in [-0.2, -0.15) is 0 Å². The molecule has 2 aliphatic heterocycles. The van der Waals surface area contributed by atoms with Crippen LogP contribution < -0.4 is 0 Å². The number of hydrogen-bond acceptors (Lipinski definition) is 6. The van der Waals surface area contributed by atoms with Gasteiger partial charge in [0.1, 0.15) is 0 Å². The molecule has 0 N–H and O–H groups in total. The molecule has 2 saturated heterocycles. The largest absolute Gasteiger partial charge is 0.373 e. The first kappa shape index (κ1) is 48.7. The molecule has 4 atom stereocenters. The zero-order valence-corrected chi connectivity index (χ0v) is 37.8. The molecule has 50 heavy (non-hydrogen) atoms. The van der Waals surface area contributed by atoms with Crippen molar-refractivity contribution in [1.82, 2.24) is 9.34 Å². The summed E-state index contributed by atoms with van der Waals surface area (Å²) in [6.07, 6.45) is 15.4. The van der Waals surface area contributed by atoms with Crippen LogP contribution in [0.15, 0.2) is 46.6 Å². The maximum absolute atomic E-state index is 13.2. The van der Waals surface area contributed by atoms with Gasteiger partial charge in [-0.05, 0) is 80.1 Å². The number of allylic oxidation sites excluding steroid dienone is 6. The van der Waals surface area contributed by atoms with Gasteiger partial charge in [-0.25, -0.2) is 9.34 Å². The molecule has 0 aromatic heterocycles. The van der Waals surface area contributed by atoms with Crippen molar-refractivity contribution in [1.29, 1.82) is 0 Å². The summed E-state index contributed by atoms with van der Waals surface area (Å²) in [5.41, 5.74) is 5.37. The Hall–Kier alpha value is 0.720. The molecule has 292 valence electrons. The third-order valence-electron chi connectivity index (χ3n) is 8.28. The minimum absolute atomic E-state index is 0.00886. The fourth-order valence-corrected chi connectivity index (χ4v) is 12.4. The monoisotopic (exact) mass is 910 g/mol. The Morgan fingerprint density at radius 2 is 1.06 bits per heavy atom. The predicted molar refractivity (Wildman–Crippen MR) is 223 cm³/mol. The second kappa shape index (κ2) is 28.2. The molecule has 0 amide bonds. The van der Waals surface area contributed by atoms with E-state index in [0.29, 0.717) is 63.6 Å². The molecule has 4 unspecified atom stereocenters. The highest BCUT2D eigenvalue weighted by Crippen LogP contribution is 2.55. The van der Waals surface area contributed by atoms with Crippen molar-refractivity contribution in [2.45, 2.75) is 92.3 Å². The molecule has 0 saturated carbocycles. The molecule has 2 aliphatic rings. The summed E-state index contributed by atoms with van der Waals surface area (Å²) in [7, 11) is -5.68. The van der Waals surface area contributed by atoms with Gasteiger partial charge in [-0.3, -0.25) is 9.13 Å². The lowest BCUT2D eigenvalue weighted by atomic mass is 10.1. The SMILES string of the molecule is CC(C)=CCC/C(C)=C/COC1CCOP(=O)(N(CCBr)CCBr)C1.CC(C)=CCC/C(C)=C/COC1CCOP(=O)(N(CCCl)CCCl)C1. The number of ether oxygens (including phenoxy) is 2. The van der Waals surface area contributed by atoms with E-state index in [0.717, 1.165) is 62.3 Å². The van der Waals surface area contributed by atoms with Gasteiger partial charge in [0, 0.05) is 48.6 Å². The van der Waals surface area contributed by atoms with E-state index < -0.39 is 15.0 Å². The minimum Gasteiger partial charge on any atom is -0.373 e. The first-order valence-corrected chi connectivity index (χ1v) is 24.7. The van der Waals surface area contributed by atoms with Gasteiger partial charge in [0.25, 0.3) is 15.0 Å². The van der Waals surface area contributed by atoms with Crippen LogP contribution in [-0.2, 0) is 27.7 Å². The zero-order chi connectivity index (χ0) is 37.4. The van der Waals surface area contributed by atoms with E-state index in [9.17, 15) is 9.13 Å². The summed E-state index contributed by atoms with van der Waals surface area (Å²) in [5, 5.41) is 1.57. The van der Waals surface area contributed by atoms with Crippen molar-refractivity contribution >= 4 is 70.1 Å². The predicted octanol–water partition coefficient (Wildman–Crippen LogP) is 11.2. The first-order valence-electron chi connectivity index (χ1n) is 17.9. The number of nitrogens with zero attached hydrogens (tertiary/aromatic N) is 2. The molecule has 14 heteroatoms. The fourth-order valence-electron chi connectivity index (χ4n) is 5.38. The molecule has 2 heterocycles. The Kier molecular flexibility index (Phi) is 27.5. The van der Waals surface area contributed by atoms with Crippen LogP contribution in [0.4, 0.5) is 0 Å². The van der Waals surface area contributed by atoms with Gasteiger partial charge in [0.05, 0.1) is 51.0 Å². The lowest BCUT2D eigenvalue weighted by Crippen LogP contribution is -2.35. The van der Waals surface area contributed by atoms with E-state index in [1.807, 2.05) is 4.67 Å². The number of hydrogen-bond donors (Lipinski definition) is 0. The quantitative estimate of drug-likeness (QED) is 0.0604. The average molecular weight is 914 g/mol. The highest BCUT2D eigenvalue weighted by Gasteiger charge is 2.39. The molecule has 0 aromatic rings. The average Bonchev–Trinajstić information content (AvgIpc) is 3.05. The van der Waals surface area contributed by atoms with Crippen molar-refractivity contribution in [2.75, 3.05) is 87.4 Å². The Bertz CT molecular complexity index is 1070. The van der Waals surface area contributed by atoms with Gasteiger partial charge < -0.3 is 18.5 Å². The number of rotatable bonds is 22. The third-order valence-corrected chi connectivity index (χ3v) is 14.8. The Morgan fingerprint density at radius 1 is 0.680 bits per heavy atom.